The number of carbonyl (C=O) groups is 1. The van der Waals surface area contributed by atoms with E-state index in [0.717, 1.165) is 29.7 Å². The summed E-state index contributed by atoms with van der Waals surface area (Å²) in [5.41, 5.74) is 2.76. The Hall–Kier alpha value is -2.40. The van der Waals surface area contributed by atoms with Gasteiger partial charge >= 0.3 is 0 Å². The van der Waals surface area contributed by atoms with E-state index in [1.807, 2.05) is 37.5 Å². The predicted octanol–water partition coefficient (Wildman–Crippen LogP) is 3.92. The molecule has 0 aliphatic heterocycles. The molecular formula is C20H25N3O2. The minimum Gasteiger partial charge on any atom is -0.374 e. The van der Waals surface area contributed by atoms with Crippen LogP contribution in [-0.4, -0.2) is 21.8 Å². The number of amides is 1. The zero-order valence-corrected chi connectivity index (χ0v) is 14.6. The average Bonchev–Trinajstić information content (AvgIpc) is 3.05. The Morgan fingerprint density at radius 2 is 2.20 bits per heavy atom. The number of hydrogen-bond acceptors (Lipinski definition) is 3. The first-order chi connectivity index (χ1) is 12.2. The second kappa shape index (κ2) is 8.62. The van der Waals surface area contributed by atoms with E-state index in [-0.39, 0.29) is 5.91 Å². The Kier molecular flexibility index (Phi) is 6.01. The predicted molar refractivity (Wildman–Crippen MR) is 99.0 cm³/mol. The zero-order chi connectivity index (χ0) is 17.5. The summed E-state index contributed by atoms with van der Waals surface area (Å²) in [6, 6.07) is 7.84. The smallest absolute Gasteiger partial charge is 0.248 e. The Labute approximate surface area is 148 Å². The molecule has 1 heterocycles. The van der Waals surface area contributed by atoms with Gasteiger partial charge in [-0.2, -0.15) is 5.10 Å². The van der Waals surface area contributed by atoms with Crippen LogP contribution < -0.4 is 5.32 Å². The first-order valence-electron chi connectivity index (χ1n) is 8.87. The van der Waals surface area contributed by atoms with Crippen molar-refractivity contribution in [1.82, 2.24) is 9.78 Å². The number of nitrogens with zero attached hydrogens (tertiary/aromatic N) is 2. The van der Waals surface area contributed by atoms with E-state index in [9.17, 15) is 4.79 Å². The van der Waals surface area contributed by atoms with Gasteiger partial charge in [0.2, 0.25) is 5.91 Å². The van der Waals surface area contributed by atoms with Crippen molar-refractivity contribution in [3.05, 3.63) is 53.9 Å². The quantitative estimate of drug-likeness (QED) is 0.812. The van der Waals surface area contributed by atoms with Gasteiger partial charge in [0.25, 0.3) is 0 Å². The summed E-state index contributed by atoms with van der Waals surface area (Å²) in [6.07, 6.45) is 13.4. The monoisotopic (exact) mass is 339 g/mol. The van der Waals surface area contributed by atoms with Crippen molar-refractivity contribution in [3.8, 4) is 0 Å². The van der Waals surface area contributed by atoms with Gasteiger partial charge in [0.05, 0.1) is 18.9 Å². The lowest BCUT2D eigenvalue weighted by Gasteiger charge is -2.22. The van der Waals surface area contributed by atoms with Gasteiger partial charge < -0.3 is 10.1 Å². The molecular weight excluding hydrogens is 314 g/mol. The first-order valence-corrected chi connectivity index (χ1v) is 8.87. The lowest BCUT2D eigenvalue weighted by molar-refractivity contribution is -0.111. The van der Waals surface area contributed by atoms with Gasteiger partial charge in [-0.25, -0.2) is 0 Å². The molecule has 3 rings (SSSR count). The van der Waals surface area contributed by atoms with Gasteiger partial charge in [-0.3, -0.25) is 9.48 Å². The Balaban J connectivity index is 1.51. The topological polar surface area (TPSA) is 56.2 Å². The maximum atomic E-state index is 12.1. The number of hydrogen-bond donors (Lipinski definition) is 1. The molecule has 1 N–H and O–H groups in total. The van der Waals surface area contributed by atoms with Crippen molar-refractivity contribution in [1.29, 1.82) is 0 Å². The fourth-order valence-corrected chi connectivity index (χ4v) is 3.07. The van der Waals surface area contributed by atoms with E-state index in [1.54, 1.807) is 17.0 Å². The minimum absolute atomic E-state index is 0.158. The highest BCUT2D eigenvalue weighted by molar-refractivity contribution is 6.01. The zero-order valence-electron chi connectivity index (χ0n) is 14.6. The largest absolute Gasteiger partial charge is 0.374 e. The fraction of sp³-hybridized carbons (Fsp3) is 0.400. The molecule has 25 heavy (non-hydrogen) atoms. The summed E-state index contributed by atoms with van der Waals surface area (Å²) < 4.78 is 7.70. The molecule has 0 unspecified atom stereocenters. The first kappa shape index (κ1) is 17.4. The molecule has 0 atom stereocenters. The van der Waals surface area contributed by atoms with Crippen LogP contribution in [-0.2, 0) is 23.2 Å². The second-order valence-electron chi connectivity index (χ2n) is 6.54. The van der Waals surface area contributed by atoms with Crippen LogP contribution in [0.1, 0.15) is 43.2 Å². The van der Waals surface area contributed by atoms with Crippen LogP contribution in [0.4, 0.5) is 5.69 Å². The van der Waals surface area contributed by atoms with Gasteiger partial charge in [0.1, 0.15) is 0 Å². The molecule has 132 valence electrons. The molecule has 1 fully saturated rings. The van der Waals surface area contributed by atoms with Crippen LogP contribution in [0.5, 0.6) is 0 Å². The third kappa shape index (κ3) is 5.57. The summed E-state index contributed by atoms with van der Waals surface area (Å²) in [4.78, 5) is 12.1. The van der Waals surface area contributed by atoms with Gasteiger partial charge in [0, 0.05) is 30.6 Å². The molecule has 0 spiro atoms. The molecule has 1 saturated carbocycles. The van der Waals surface area contributed by atoms with E-state index >= 15 is 0 Å². The molecule has 0 bridgehead atoms. The molecule has 1 amide bonds. The highest BCUT2D eigenvalue weighted by atomic mass is 16.5. The van der Waals surface area contributed by atoms with E-state index in [4.69, 9.17) is 4.74 Å². The number of rotatable bonds is 6. The van der Waals surface area contributed by atoms with Crippen LogP contribution in [0.3, 0.4) is 0 Å². The Bertz CT molecular complexity index is 730. The number of aromatic nitrogens is 2. The lowest BCUT2D eigenvalue weighted by atomic mass is 9.98. The number of carbonyl (C=O) groups excluding carboxylic acids is 1. The number of nitrogens with one attached hydrogen (secondary N) is 1. The molecule has 1 aliphatic carbocycles. The third-order valence-electron chi connectivity index (χ3n) is 4.38. The Morgan fingerprint density at radius 3 is 2.96 bits per heavy atom. The highest BCUT2D eigenvalue weighted by Gasteiger charge is 2.13. The second-order valence-corrected chi connectivity index (χ2v) is 6.54. The van der Waals surface area contributed by atoms with Crippen molar-refractivity contribution in [2.45, 2.75) is 44.8 Å². The number of anilines is 1. The standard InChI is InChI=1S/C20H25N3O2/c1-23-14-17(13-21-23)10-11-20(24)22-18-7-5-6-16(12-18)15-25-19-8-3-2-4-9-19/h5-7,10-14,19H,2-4,8-9,15H2,1H3,(H,22,24)/b11-10+. The number of aryl methyl sites for hydroxylation is 1. The SMILES string of the molecule is Cn1cc(/C=C/C(=O)Nc2cccc(COC3CCCCC3)c2)cn1. The molecule has 5 nitrogen and oxygen atoms in total. The molecule has 1 aromatic heterocycles. The van der Waals surface area contributed by atoms with Crippen molar-refractivity contribution >= 4 is 17.7 Å². The molecule has 0 saturated heterocycles. The van der Waals surface area contributed by atoms with E-state index in [2.05, 4.69) is 10.4 Å². The lowest BCUT2D eigenvalue weighted by Crippen LogP contribution is -2.16. The molecule has 2 aromatic rings. The van der Waals surface area contributed by atoms with Crippen LogP contribution in [0.25, 0.3) is 6.08 Å². The molecule has 0 radical (unpaired) electrons. The van der Waals surface area contributed by atoms with Crippen molar-refractivity contribution in [2.75, 3.05) is 5.32 Å². The normalized spacial score (nSPS) is 15.6. The van der Waals surface area contributed by atoms with E-state index in [1.165, 1.54) is 25.3 Å². The third-order valence-corrected chi connectivity index (χ3v) is 4.38. The van der Waals surface area contributed by atoms with Crippen LogP contribution in [0, 0.1) is 0 Å². The number of ether oxygens (including phenoxy) is 1. The average molecular weight is 339 g/mol. The highest BCUT2D eigenvalue weighted by Crippen LogP contribution is 2.22. The molecule has 5 heteroatoms. The van der Waals surface area contributed by atoms with E-state index in [0.29, 0.717) is 12.7 Å². The maximum Gasteiger partial charge on any atom is 0.248 e. The van der Waals surface area contributed by atoms with Crippen molar-refractivity contribution < 1.29 is 9.53 Å². The van der Waals surface area contributed by atoms with Crippen LogP contribution >= 0.6 is 0 Å². The maximum absolute atomic E-state index is 12.1. The molecule has 1 aromatic carbocycles. The molecule has 1 aliphatic rings. The van der Waals surface area contributed by atoms with Crippen LogP contribution in [0.2, 0.25) is 0 Å². The van der Waals surface area contributed by atoms with Crippen molar-refractivity contribution in [2.24, 2.45) is 7.05 Å². The van der Waals surface area contributed by atoms with E-state index < -0.39 is 0 Å². The van der Waals surface area contributed by atoms with Crippen molar-refractivity contribution in [3.63, 3.8) is 0 Å². The number of benzene rings is 1. The van der Waals surface area contributed by atoms with Crippen LogP contribution in [0.15, 0.2) is 42.7 Å². The summed E-state index contributed by atoms with van der Waals surface area (Å²) in [6.45, 7) is 0.597. The minimum atomic E-state index is -0.158. The summed E-state index contributed by atoms with van der Waals surface area (Å²) in [5.74, 6) is -0.158. The van der Waals surface area contributed by atoms with Gasteiger partial charge in [0.15, 0.2) is 0 Å². The van der Waals surface area contributed by atoms with Gasteiger partial charge in [-0.05, 0) is 36.6 Å². The van der Waals surface area contributed by atoms with Gasteiger partial charge in [-0.15, -0.1) is 0 Å². The summed E-state index contributed by atoms with van der Waals surface area (Å²) in [7, 11) is 1.85. The summed E-state index contributed by atoms with van der Waals surface area (Å²) in [5, 5.41) is 6.96. The van der Waals surface area contributed by atoms with Gasteiger partial charge in [-0.1, -0.05) is 31.4 Å². The fourth-order valence-electron chi connectivity index (χ4n) is 3.07. The Morgan fingerprint density at radius 1 is 1.36 bits per heavy atom. The summed E-state index contributed by atoms with van der Waals surface area (Å²) >= 11 is 0.